The van der Waals surface area contributed by atoms with Crippen LogP contribution in [0.5, 0.6) is 0 Å². The average Bonchev–Trinajstić information content (AvgIpc) is 2.45. The molecule has 1 unspecified atom stereocenters. The number of hydrogen-bond acceptors (Lipinski definition) is 4. The Labute approximate surface area is 123 Å². The van der Waals surface area contributed by atoms with Crippen LogP contribution in [0.4, 0.5) is 8.78 Å². The Balaban J connectivity index is 2.76. The van der Waals surface area contributed by atoms with E-state index in [2.05, 4.69) is 9.36 Å². The number of benzene rings is 1. The van der Waals surface area contributed by atoms with Gasteiger partial charge in [0.25, 0.3) is 0 Å². The third-order valence-corrected chi connectivity index (χ3v) is 7.34. The van der Waals surface area contributed by atoms with Crippen molar-refractivity contribution < 1.29 is 13.0 Å². The zero-order valence-corrected chi connectivity index (χ0v) is 13.1. The molecule has 2 atom stereocenters. The molecule has 1 aliphatic rings. The lowest BCUT2D eigenvalue weighted by molar-refractivity contribution is 0.326. The summed E-state index contributed by atoms with van der Waals surface area (Å²) in [6.45, 7) is 2.33. The van der Waals surface area contributed by atoms with Crippen molar-refractivity contribution in [2.75, 3.05) is 19.5 Å². The highest BCUT2D eigenvalue weighted by molar-refractivity contribution is 7.95. The van der Waals surface area contributed by atoms with Crippen molar-refractivity contribution in [1.82, 2.24) is 0 Å². The number of nitrogens with two attached hydrogens (primary N) is 1. The Hall–Kier alpha value is -1.50. The number of halogens is 2. The van der Waals surface area contributed by atoms with Crippen molar-refractivity contribution >= 4 is 15.6 Å². The van der Waals surface area contributed by atoms with Crippen molar-refractivity contribution in [3.63, 3.8) is 0 Å². The van der Waals surface area contributed by atoms with Gasteiger partial charge < -0.3 is 5.73 Å². The molecule has 1 aromatic carbocycles. The molecular formula is C14H19F2N3OS. The van der Waals surface area contributed by atoms with Crippen LogP contribution in [0.25, 0.3) is 0 Å². The predicted molar refractivity (Wildman–Crippen MR) is 81.1 cm³/mol. The lowest BCUT2D eigenvalue weighted by Gasteiger charge is -2.40. The maximum Gasteiger partial charge on any atom is 0.131 e. The molecule has 0 radical (unpaired) electrons. The zero-order chi connectivity index (χ0) is 15.9. The highest BCUT2D eigenvalue weighted by atomic mass is 32.2. The van der Waals surface area contributed by atoms with E-state index in [9.17, 15) is 13.0 Å². The number of nitrogens with zero attached hydrogens (tertiary/aromatic N) is 2. The second-order valence-corrected chi connectivity index (χ2v) is 8.58. The van der Waals surface area contributed by atoms with Crippen molar-refractivity contribution in [3.8, 4) is 0 Å². The van der Waals surface area contributed by atoms with Gasteiger partial charge in [-0.25, -0.2) is 17.4 Å². The van der Waals surface area contributed by atoms with E-state index < -0.39 is 32.5 Å². The Morgan fingerprint density at radius 3 is 2.57 bits per heavy atom. The fraction of sp³-hybridized carbons (Fsp3) is 0.500. The van der Waals surface area contributed by atoms with E-state index in [1.807, 2.05) is 0 Å². The molecule has 0 aliphatic carbocycles. The van der Waals surface area contributed by atoms with E-state index in [0.29, 0.717) is 0 Å². The van der Waals surface area contributed by atoms with E-state index in [1.54, 1.807) is 19.9 Å². The summed E-state index contributed by atoms with van der Waals surface area (Å²) >= 11 is 0. The molecule has 21 heavy (non-hydrogen) atoms. The fourth-order valence-corrected chi connectivity index (χ4v) is 4.74. The van der Waals surface area contributed by atoms with Gasteiger partial charge in [-0.2, -0.15) is 0 Å². The maximum atomic E-state index is 14.1. The monoisotopic (exact) mass is 315 g/mol. The Kier molecular flexibility index (Phi) is 3.82. The van der Waals surface area contributed by atoms with Crippen LogP contribution >= 0.6 is 0 Å². The largest absolute Gasteiger partial charge is 0.386 e. The lowest BCUT2D eigenvalue weighted by atomic mass is 9.92. The molecule has 2 rings (SSSR count). The second kappa shape index (κ2) is 5.05. The zero-order valence-electron chi connectivity index (χ0n) is 12.3. The van der Waals surface area contributed by atoms with E-state index in [4.69, 9.17) is 5.73 Å². The molecule has 1 heterocycles. The normalized spacial score (nSPS) is 31.6. The molecule has 2 N–H and O–H groups in total. The average molecular weight is 315 g/mol. The van der Waals surface area contributed by atoms with Gasteiger partial charge in [0.1, 0.15) is 28.6 Å². The van der Waals surface area contributed by atoms with Gasteiger partial charge >= 0.3 is 0 Å². The fourth-order valence-electron chi connectivity index (χ4n) is 2.47. The van der Waals surface area contributed by atoms with Gasteiger partial charge in [0.15, 0.2) is 0 Å². The van der Waals surface area contributed by atoms with Crippen LogP contribution < -0.4 is 5.73 Å². The Morgan fingerprint density at radius 2 is 2.05 bits per heavy atom. The summed E-state index contributed by atoms with van der Waals surface area (Å²) in [5.74, 6) is -0.753. The minimum Gasteiger partial charge on any atom is -0.386 e. The summed E-state index contributed by atoms with van der Waals surface area (Å²) in [7, 11) is -1.47. The molecule has 0 amide bonds. The molecule has 1 aromatic rings. The maximum absolute atomic E-state index is 14.1. The Morgan fingerprint density at radius 1 is 1.43 bits per heavy atom. The Bertz CT molecular complexity index is 708. The molecule has 7 heteroatoms. The van der Waals surface area contributed by atoms with Crippen LogP contribution in [-0.4, -0.2) is 34.3 Å². The van der Waals surface area contributed by atoms with Gasteiger partial charge in [-0.3, -0.25) is 4.99 Å². The van der Waals surface area contributed by atoms with Crippen molar-refractivity contribution in [2.24, 2.45) is 15.1 Å². The number of alkyl halides is 1. The highest BCUT2D eigenvalue weighted by Gasteiger charge is 2.50. The van der Waals surface area contributed by atoms with Crippen LogP contribution in [0.15, 0.2) is 33.6 Å². The molecular weight excluding hydrogens is 296 g/mol. The summed E-state index contributed by atoms with van der Waals surface area (Å²) < 4.78 is 43.9. The molecule has 1 aliphatic heterocycles. The quantitative estimate of drug-likeness (QED) is 0.909. The number of amidine groups is 1. The molecule has 116 valence electrons. The van der Waals surface area contributed by atoms with E-state index in [0.717, 1.165) is 0 Å². The standard InChI is InChI=1S/C14H19F2N3OS/c1-13(2)12(17)19-14(8-15,9-21(13,20)18-3)10-6-4-5-7-11(10)16/h4-7H,8-9H2,1-3H3,(H2,17,19)/t14-,21?/m0/s1. The highest BCUT2D eigenvalue weighted by Crippen LogP contribution is 2.39. The molecule has 0 spiro atoms. The van der Waals surface area contributed by atoms with Crippen LogP contribution in [0, 0.1) is 5.82 Å². The summed E-state index contributed by atoms with van der Waals surface area (Å²) in [4.78, 5) is 4.20. The van der Waals surface area contributed by atoms with Crippen molar-refractivity contribution in [1.29, 1.82) is 0 Å². The first kappa shape index (κ1) is 15.9. The summed E-state index contributed by atoms with van der Waals surface area (Å²) in [6, 6.07) is 5.76. The topological polar surface area (TPSA) is 67.8 Å². The predicted octanol–water partition coefficient (Wildman–Crippen LogP) is 2.24. The van der Waals surface area contributed by atoms with E-state index >= 15 is 0 Å². The number of rotatable bonds is 2. The van der Waals surface area contributed by atoms with Crippen LogP contribution in [0.2, 0.25) is 0 Å². The first-order chi connectivity index (χ1) is 9.72. The molecule has 0 aromatic heterocycles. The van der Waals surface area contributed by atoms with Gasteiger partial charge in [0.05, 0.1) is 15.5 Å². The third kappa shape index (κ3) is 2.23. The lowest BCUT2D eigenvalue weighted by Crippen LogP contribution is -2.56. The summed E-state index contributed by atoms with van der Waals surface area (Å²) in [6.07, 6.45) is 0. The molecule has 0 saturated carbocycles. The van der Waals surface area contributed by atoms with Crippen LogP contribution in [-0.2, 0) is 15.3 Å². The molecule has 0 fully saturated rings. The van der Waals surface area contributed by atoms with Crippen LogP contribution in [0.3, 0.4) is 0 Å². The summed E-state index contributed by atoms with van der Waals surface area (Å²) in [5.41, 5.74) is 4.40. The SMILES string of the molecule is CN=S1(=O)C[C@@](CF)(c2ccccc2F)N=C(N)C1(C)C. The summed E-state index contributed by atoms with van der Waals surface area (Å²) in [5, 5.41) is 0. The first-order valence-corrected chi connectivity index (χ1v) is 8.20. The van der Waals surface area contributed by atoms with Gasteiger partial charge in [-0.05, 0) is 19.9 Å². The smallest absolute Gasteiger partial charge is 0.131 e. The van der Waals surface area contributed by atoms with E-state index in [-0.39, 0.29) is 17.2 Å². The molecule has 4 nitrogen and oxygen atoms in total. The molecule has 0 saturated heterocycles. The third-order valence-electron chi connectivity index (χ3n) is 4.07. The van der Waals surface area contributed by atoms with Gasteiger partial charge in [0.2, 0.25) is 0 Å². The minimum absolute atomic E-state index is 0.0326. The van der Waals surface area contributed by atoms with Crippen molar-refractivity contribution in [3.05, 3.63) is 35.6 Å². The van der Waals surface area contributed by atoms with Crippen LogP contribution in [0.1, 0.15) is 19.4 Å². The number of hydrogen-bond donors (Lipinski definition) is 1. The van der Waals surface area contributed by atoms with Gasteiger partial charge in [-0.15, -0.1) is 0 Å². The molecule has 0 bridgehead atoms. The van der Waals surface area contributed by atoms with Crippen molar-refractivity contribution in [2.45, 2.75) is 24.1 Å². The van der Waals surface area contributed by atoms with Gasteiger partial charge in [0, 0.05) is 12.6 Å². The second-order valence-electron chi connectivity index (χ2n) is 5.62. The number of aliphatic imine (C=N–C) groups is 1. The van der Waals surface area contributed by atoms with Gasteiger partial charge in [-0.1, -0.05) is 18.2 Å². The first-order valence-electron chi connectivity index (χ1n) is 6.52. The van der Waals surface area contributed by atoms with E-state index in [1.165, 1.54) is 25.2 Å². The minimum atomic E-state index is -2.88.